The molecule has 2 heterocycles. The normalized spacial score (nSPS) is 13.2. The zero-order valence-electron chi connectivity index (χ0n) is 23.9. The van der Waals surface area contributed by atoms with Crippen LogP contribution in [-0.2, 0) is 6.42 Å². The highest BCUT2D eigenvalue weighted by atomic mass is 16.3. The highest BCUT2D eigenvalue weighted by molar-refractivity contribution is 6.32. The van der Waals surface area contributed by atoms with Crippen LogP contribution >= 0.6 is 0 Å². The number of para-hydroxylation sites is 3. The minimum Gasteiger partial charge on any atom is -0.456 e. The van der Waals surface area contributed by atoms with E-state index in [0.717, 1.165) is 57.3 Å². The molecule has 2 nitrogen and oxygen atoms in total. The Labute approximate surface area is 253 Å². The Kier molecular flexibility index (Phi) is 4.86. The SMILES string of the molecule is C1=Cc2oc3c(-c4cccc5c6ccccc6c6cccc(-c7cccc8c7oc7ccccc78)c6c45)cccc3c2CC1. The molecular weight excluding hydrogens is 536 g/mol. The Hall–Kier alpha value is -5.60. The van der Waals surface area contributed by atoms with Gasteiger partial charge < -0.3 is 8.83 Å². The first-order chi connectivity index (χ1) is 21.8. The molecule has 0 saturated heterocycles. The van der Waals surface area contributed by atoms with E-state index < -0.39 is 0 Å². The van der Waals surface area contributed by atoms with E-state index in [4.69, 9.17) is 8.83 Å². The number of fused-ring (bicyclic) bond motifs is 12. The third-order valence-corrected chi connectivity index (χ3v) is 9.55. The van der Waals surface area contributed by atoms with E-state index in [0.29, 0.717) is 0 Å². The molecule has 0 saturated carbocycles. The van der Waals surface area contributed by atoms with E-state index in [-0.39, 0.29) is 0 Å². The average Bonchev–Trinajstić information content (AvgIpc) is 3.66. The third-order valence-electron chi connectivity index (χ3n) is 9.55. The van der Waals surface area contributed by atoms with Crippen LogP contribution in [0.1, 0.15) is 17.7 Å². The number of rotatable bonds is 2. The van der Waals surface area contributed by atoms with Crippen LogP contribution in [-0.4, -0.2) is 0 Å². The largest absolute Gasteiger partial charge is 0.456 e. The van der Waals surface area contributed by atoms with Crippen LogP contribution in [0.4, 0.5) is 0 Å². The lowest BCUT2D eigenvalue weighted by Crippen LogP contribution is -1.91. The maximum Gasteiger partial charge on any atom is 0.143 e. The summed E-state index contributed by atoms with van der Waals surface area (Å²) in [5, 5.41) is 11.0. The molecule has 0 amide bonds. The number of hydrogen-bond donors (Lipinski definition) is 0. The van der Waals surface area contributed by atoms with E-state index in [1.54, 1.807) is 0 Å². The Morgan fingerprint density at radius 3 is 1.61 bits per heavy atom. The Morgan fingerprint density at radius 1 is 0.409 bits per heavy atom. The smallest absolute Gasteiger partial charge is 0.143 e. The lowest BCUT2D eigenvalue weighted by atomic mass is 9.85. The molecule has 44 heavy (non-hydrogen) atoms. The minimum absolute atomic E-state index is 0.911. The molecule has 0 fully saturated rings. The van der Waals surface area contributed by atoms with Crippen LogP contribution in [0, 0.1) is 0 Å². The zero-order valence-corrected chi connectivity index (χ0v) is 23.9. The van der Waals surface area contributed by atoms with Gasteiger partial charge >= 0.3 is 0 Å². The second-order valence-corrected chi connectivity index (χ2v) is 11.9. The third kappa shape index (κ3) is 3.20. The molecular formula is C42H26O2. The number of furan rings is 2. The van der Waals surface area contributed by atoms with Crippen LogP contribution in [0.15, 0.2) is 136 Å². The molecule has 10 rings (SSSR count). The van der Waals surface area contributed by atoms with Crippen LogP contribution in [0.3, 0.4) is 0 Å². The fraction of sp³-hybridized carbons (Fsp3) is 0.0476. The summed E-state index contributed by atoms with van der Waals surface area (Å²) in [5.41, 5.74) is 8.71. The summed E-state index contributed by atoms with van der Waals surface area (Å²) in [4.78, 5) is 0. The molecule has 206 valence electrons. The quantitative estimate of drug-likeness (QED) is 0.196. The fourth-order valence-electron chi connectivity index (χ4n) is 7.66. The van der Waals surface area contributed by atoms with Gasteiger partial charge in [0.05, 0.1) is 0 Å². The van der Waals surface area contributed by atoms with Gasteiger partial charge in [0.1, 0.15) is 22.5 Å². The standard InChI is InChI=1S/C42H26O2/c1-2-12-26-25(11-1)29-15-7-17-31(35-21-9-19-33-27-13-3-5-23-37(27)43-41(33)35)39(29)40-30(26)16-8-18-32(40)36-22-10-20-34-28-14-4-6-24-38(28)44-42(34)36/h1-3,5-13,15-24H,4,14H2. The van der Waals surface area contributed by atoms with E-state index in [9.17, 15) is 0 Å². The number of benzene rings is 7. The van der Waals surface area contributed by atoms with Crippen molar-refractivity contribution in [3.05, 3.63) is 139 Å². The monoisotopic (exact) mass is 562 g/mol. The van der Waals surface area contributed by atoms with Gasteiger partial charge in [-0.05, 0) is 68.4 Å². The van der Waals surface area contributed by atoms with Gasteiger partial charge in [0.25, 0.3) is 0 Å². The molecule has 9 aromatic rings. The number of hydrogen-bond acceptors (Lipinski definition) is 2. The second kappa shape index (κ2) is 8.95. The van der Waals surface area contributed by atoms with Crippen molar-refractivity contribution in [1.82, 2.24) is 0 Å². The van der Waals surface area contributed by atoms with Gasteiger partial charge in [0.2, 0.25) is 0 Å². The van der Waals surface area contributed by atoms with Gasteiger partial charge in [-0.15, -0.1) is 0 Å². The van der Waals surface area contributed by atoms with Crippen molar-refractivity contribution in [2.24, 2.45) is 0 Å². The van der Waals surface area contributed by atoms with Crippen molar-refractivity contribution in [2.45, 2.75) is 12.8 Å². The Balaban J connectivity index is 1.40. The summed E-state index contributed by atoms with van der Waals surface area (Å²) in [6.07, 6.45) is 6.41. The molecule has 7 aromatic carbocycles. The molecule has 1 aliphatic rings. The molecule has 2 heteroatoms. The molecule has 0 aliphatic heterocycles. The van der Waals surface area contributed by atoms with Gasteiger partial charge in [-0.2, -0.15) is 0 Å². The second-order valence-electron chi connectivity index (χ2n) is 11.9. The predicted octanol–water partition coefficient (Wildman–Crippen LogP) is 12.1. The van der Waals surface area contributed by atoms with Crippen LogP contribution in [0.25, 0.3) is 93.6 Å². The first-order valence-corrected chi connectivity index (χ1v) is 15.3. The average molecular weight is 563 g/mol. The first-order valence-electron chi connectivity index (χ1n) is 15.3. The molecule has 0 bridgehead atoms. The van der Waals surface area contributed by atoms with E-state index in [2.05, 4.69) is 127 Å². The van der Waals surface area contributed by atoms with E-state index in [1.807, 2.05) is 6.07 Å². The van der Waals surface area contributed by atoms with Gasteiger partial charge in [0.15, 0.2) is 0 Å². The minimum atomic E-state index is 0.911. The van der Waals surface area contributed by atoms with Crippen molar-refractivity contribution < 1.29 is 8.83 Å². The van der Waals surface area contributed by atoms with Crippen molar-refractivity contribution >= 4 is 71.3 Å². The Morgan fingerprint density at radius 2 is 0.932 bits per heavy atom. The van der Waals surface area contributed by atoms with Crippen molar-refractivity contribution in [1.29, 1.82) is 0 Å². The highest BCUT2D eigenvalue weighted by Crippen LogP contribution is 2.47. The van der Waals surface area contributed by atoms with E-state index >= 15 is 0 Å². The number of aryl methyl sites for hydroxylation is 1. The highest BCUT2D eigenvalue weighted by Gasteiger charge is 2.22. The zero-order chi connectivity index (χ0) is 28.8. The lowest BCUT2D eigenvalue weighted by molar-refractivity contribution is 0.596. The predicted molar refractivity (Wildman–Crippen MR) is 184 cm³/mol. The summed E-state index contributed by atoms with van der Waals surface area (Å²) >= 11 is 0. The Bertz CT molecular complexity index is 2660. The summed E-state index contributed by atoms with van der Waals surface area (Å²) < 4.78 is 13.2. The summed E-state index contributed by atoms with van der Waals surface area (Å²) in [5.74, 6) is 0.992. The van der Waals surface area contributed by atoms with E-state index in [1.165, 1.54) is 54.4 Å². The lowest BCUT2D eigenvalue weighted by Gasteiger charge is -2.17. The number of allylic oxidation sites excluding steroid dienone is 1. The summed E-state index contributed by atoms with van der Waals surface area (Å²) in [6.45, 7) is 0. The molecule has 0 N–H and O–H groups in total. The van der Waals surface area contributed by atoms with Crippen molar-refractivity contribution in [3.63, 3.8) is 0 Å². The van der Waals surface area contributed by atoms with Crippen molar-refractivity contribution in [3.8, 4) is 22.3 Å². The molecule has 0 unspecified atom stereocenters. The first kappa shape index (κ1) is 23.9. The maximum atomic E-state index is 6.63. The van der Waals surface area contributed by atoms with Crippen LogP contribution < -0.4 is 0 Å². The molecule has 0 spiro atoms. The summed E-state index contributed by atoms with van der Waals surface area (Å²) in [6, 6.07) is 43.7. The van der Waals surface area contributed by atoms with Gasteiger partial charge in [-0.25, -0.2) is 0 Å². The molecule has 2 aromatic heterocycles. The maximum absolute atomic E-state index is 6.63. The van der Waals surface area contributed by atoms with Crippen LogP contribution in [0.5, 0.6) is 0 Å². The summed E-state index contributed by atoms with van der Waals surface area (Å²) in [7, 11) is 0. The van der Waals surface area contributed by atoms with Gasteiger partial charge in [0, 0.05) is 32.8 Å². The fourth-order valence-corrected chi connectivity index (χ4v) is 7.66. The van der Waals surface area contributed by atoms with Crippen molar-refractivity contribution in [2.75, 3.05) is 0 Å². The molecule has 0 radical (unpaired) electrons. The van der Waals surface area contributed by atoms with Gasteiger partial charge in [-0.1, -0.05) is 121 Å². The van der Waals surface area contributed by atoms with Crippen LogP contribution in [0.2, 0.25) is 0 Å². The molecule has 0 atom stereocenters. The van der Waals surface area contributed by atoms with Gasteiger partial charge in [-0.3, -0.25) is 0 Å². The topological polar surface area (TPSA) is 26.3 Å². The molecule has 1 aliphatic carbocycles.